The van der Waals surface area contributed by atoms with Gasteiger partial charge in [-0.05, 0) is 50.6 Å². The molecule has 1 aliphatic rings. The van der Waals surface area contributed by atoms with Crippen molar-refractivity contribution < 1.29 is 4.74 Å². The zero-order chi connectivity index (χ0) is 13.5. The Morgan fingerprint density at radius 2 is 2.11 bits per heavy atom. The van der Waals surface area contributed by atoms with Gasteiger partial charge in [-0.25, -0.2) is 0 Å². The van der Waals surface area contributed by atoms with Gasteiger partial charge in [0, 0.05) is 24.3 Å². The fourth-order valence-electron chi connectivity index (χ4n) is 2.10. The first kappa shape index (κ1) is 14.5. The third-order valence-corrected chi connectivity index (χ3v) is 4.28. The predicted molar refractivity (Wildman–Crippen MR) is 84.5 cm³/mol. The van der Waals surface area contributed by atoms with E-state index in [4.69, 9.17) is 4.74 Å². The van der Waals surface area contributed by atoms with Gasteiger partial charge in [-0.2, -0.15) is 11.8 Å². The molecule has 1 saturated heterocycles. The zero-order valence-electron chi connectivity index (χ0n) is 11.9. The van der Waals surface area contributed by atoms with Gasteiger partial charge in [0.2, 0.25) is 0 Å². The second-order valence-electron chi connectivity index (χ2n) is 5.21. The largest absolute Gasteiger partial charge is 0.492 e. The van der Waals surface area contributed by atoms with Crippen molar-refractivity contribution in [3.05, 3.63) is 24.3 Å². The SMILES string of the molecule is CN(C)CCOc1cccc(NC2CCSCC2)c1. The summed E-state index contributed by atoms with van der Waals surface area (Å²) in [6.07, 6.45) is 2.52. The first-order chi connectivity index (χ1) is 9.24. The predicted octanol–water partition coefficient (Wildman–Crippen LogP) is 2.93. The van der Waals surface area contributed by atoms with Gasteiger partial charge >= 0.3 is 0 Å². The lowest BCUT2D eigenvalue weighted by atomic mass is 10.1. The summed E-state index contributed by atoms with van der Waals surface area (Å²) in [5.41, 5.74) is 1.18. The number of benzene rings is 1. The quantitative estimate of drug-likeness (QED) is 0.866. The van der Waals surface area contributed by atoms with E-state index in [-0.39, 0.29) is 0 Å². The minimum atomic E-state index is 0.623. The van der Waals surface area contributed by atoms with E-state index in [0.29, 0.717) is 6.04 Å². The Kier molecular flexibility index (Phi) is 5.86. The highest BCUT2D eigenvalue weighted by Crippen LogP contribution is 2.23. The van der Waals surface area contributed by atoms with E-state index >= 15 is 0 Å². The summed E-state index contributed by atoms with van der Waals surface area (Å²) in [5, 5.41) is 3.62. The Labute approximate surface area is 120 Å². The van der Waals surface area contributed by atoms with E-state index in [2.05, 4.69) is 54.3 Å². The van der Waals surface area contributed by atoms with Gasteiger partial charge in [-0.15, -0.1) is 0 Å². The van der Waals surface area contributed by atoms with Crippen molar-refractivity contribution in [1.29, 1.82) is 0 Å². The Balaban J connectivity index is 1.83. The second kappa shape index (κ2) is 7.65. The number of nitrogens with zero attached hydrogens (tertiary/aromatic N) is 1. The van der Waals surface area contributed by atoms with E-state index in [9.17, 15) is 0 Å². The van der Waals surface area contributed by atoms with Crippen LogP contribution in [-0.2, 0) is 0 Å². The van der Waals surface area contributed by atoms with Crippen LogP contribution >= 0.6 is 11.8 Å². The van der Waals surface area contributed by atoms with Crippen LogP contribution in [0.1, 0.15) is 12.8 Å². The fraction of sp³-hybridized carbons (Fsp3) is 0.600. The van der Waals surface area contributed by atoms with Crippen LogP contribution in [0.5, 0.6) is 5.75 Å². The lowest BCUT2D eigenvalue weighted by molar-refractivity contribution is 0.261. The molecule has 1 N–H and O–H groups in total. The Bertz CT molecular complexity index is 378. The highest BCUT2D eigenvalue weighted by Gasteiger charge is 2.13. The van der Waals surface area contributed by atoms with Crippen molar-refractivity contribution in [2.24, 2.45) is 0 Å². The van der Waals surface area contributed by atoms with Crippen LogP contribution in [0.15, 0.2) is 24.3 Å². The molecular formula is C15H24N2OS. The van der Waals surface area contributed by atoms with Crippen molar-refractivity contribution in [3.8, 4) is 5.75 Å². The summed E-state index contributed by atoms with van der Waals surface area (Å²) in [6, 6.07) is 8.94. The van der Waals surface area contributed by atoms with Crippen LogP contribution in [0.25, 0.3) is 0 Å². The molecule has 19 heavy (non-hydrogen) atoms. The summed E-state index contributed by atoms with van der Waals surface area (Å²) >= 11 is 2.06. The minimum absolute atomic E-state index is 0.623. The first-order valence-corrected chi connectivity index (χ1v) is 8.11. The third kappa shape index (κ3) is 5.33. The number of nitrogens with one attached hydrogen (secondary N) is 1. The first-order valence-electron chi connectivity index (χ1n) is 6.96. The van der Waals surface area contributed by atoms with Crippen molar-refractivity contribution in [3.63, 3.8) is 0 Å². The molecule has 1 aliphatic heterocycles. The highest BCUT2D eigenvalue weighted by molar-refractivity contribution is 7.99. The average Bonchev–Trinajstić information content (AvgIpc) is 2.40. The topological polar surface area (TPSA) is 24.5 Å². The lowest BCUT2D eigenvalue weighted by Crippen LogP contribution is -2.24. The molecular weight excluding hydrogens is 256 g/mol. The molecule has 4 heteroatoms. The van der Waals surface area contributed by atoms with E-state index in [1.165, 1.54) is 30.0 Å². The molecule has 1 heterocycles. The molecule has 1 aromatic rings. The Morgan fingerprint density at radius 3 is 2.84 bits per heavy atom. The molecule has 0 spiro atoms. The number of hydrogen-bond donors (Lipinski definition) is 1. The fourth-order valence-corrected chi connectivity index (χ4v) is 3.21. The molecule has 0 amide bonds. The monoisotopic (exact) mass is 280 g/mol. The maximum atomic E-state index is 5.76. The van der Waals surface area contributed by atoms with Gasteiger partial charge < -0.3 is 15.0 Å². The van der Waals surface area contributed by atoms with Crippen molar-refractivity contribution in [2.45, 2.75) is 18.9 Å². The van der Waals surface area contributed by atoms with Crippen LogP contribution < -0.4 is 10.1 Å². The van der Waals surface area contributed by atoms with Gasteiger partial charge in [0.1, 0.15) is 12.4 Å². The maximum absolute atomic E-state index is 5.76. The summed E-state index contributed by atoms with van der Waals surface area (Å²) in [4.78, 5) is 2.13. The van der Waals surface area contributed by atoms with E-state index in [0.717, 1.165) is 18.9 Å². The van der Waals surface area contributed by atoms with Crippen LogP contribution in [0.2, 0.25) is 0 Å². The standard InChI is InChI=1S/C15H24N2OS/c1-17(2)8-9-18-15-5-3-4-14(12-15)16-13-6-10-19-11-7-13/h3-5,12-13,16H,6-11H2,1-2H3. The van der Waals surface area contributed by atoms with E-state index < -0.39 is 0 Å². The summed E-state index contributed by atoms with van der Waals surface area (Å²) in [6.45, 7) is 1.67. The lowest BCUT2D eigenvalue weighted by Gasteiger charge is -2.23. The molecule has 0 aromatic heterocycles. The number of ether oxygens (including phenoxy) is 1. The second-order valence-corrected chi connectivity index (χ2v) is 6.44. The zero-order valence-corrected chi connectivity index (χ0v) is 12.7. The van der Waals surface area contributed by atoms with Crippen molar-refractivity contribution in [1.82, 2.24) is 4.90 Å². The molecule has 1 fully saturated rings. The third-order valence-electron chi connectivity index (χ3n) is 3.23. The average molecular weight is 280 g/mol. The molecule has 0 saturated carbocycles. The van der Waals surface area contributed by atoms with Gasteiger partial charge in [0.25, 0.3) is 0 Å². The van der Waals surface area contributed by atoms with Crippen molar-refractivity contribution in [2.75, 3.05) is 44.1 Å². The summed E-state index contributed by atoms with van der Waals surface area (Å²) in [5.74, 6) is 3.50. The highest BCUT2D eigenvalue weighted by atomic mass is 32.2. The van der Waals surface area contributed by atoms with E-state index in [1.54, 1.807) is 0 Å². The van der Waals surface area contributed by atoms with Crippen LogP contribution in [0.4, 0.5) is 5.69 Å². The molecule has 0 atom stereocenters. The van der Waals surface area contributed by atoms with Crippen LogP contribution in [0, 0.1) is 0 Å². The van der Waals surface area contributed by atoms with Gasteiger partial charge in [0.05, 0.1) is 0 Å². The molecule has 1 aromatic carbocycles. The molecule has 0 bridgehead atoms. The summed E-state index contributed by atoms with van der Waals surface area (Å²) < 4.78 is 5.76. The number of hydrogen-bond acceptors (Lipinski definition) is 4. The smallest absolute Gasteiger partial charge is 0.121 e. The molecule has 0 unspecified atom stereocenters. The number of rotatable bonds is 6. The molecule has 0 aliphatic carbocycles. The van der Waals surface area contributed by atoms with Crippen molar-refractivity contribution >= 4 is 17.4 Å². The number of anilines is 1. The van der Waals surface area contributed by atoms with Gasteiger partial charge in [-0.3, -0.25) is 0 Å². The Hall–Kier alpha value is -0.870. The summed E-state index contributed by atoms with van der Waals surface area (Å²) in [7, 11) is 4.12. The Morgan fingerprint density at radius 1 is 1.32 bits per heavy atom. The van der Waals surface area contributed by atoms with Crippen LogP contribution in [0.3, 0.4) is 0 Å². The normalized spacial score (nSPS) is 16.6. The molecule has 2 rings (SSSR count). The van der Waals surface area contributed by atoms with Gasteiger partial charge in [-0.1, -0.05) is 6.07 Å². The van der Waals surface area contributed by atoms with Crippen LogP contribution in [-0.4, -0.2) is 49.7 Å². The molecule has 106 valence electrons. The van der Waals surface area contributed by atoms with Gasteiger partial charge in [0.15, 0.2) is 0 Å². The van der Waals surface area contributed by atoms with E-state index in [1.807, 2.05) is 6.07 Å². The number of thioether (sulfide) groups is 1. The number of likely N-dealkylation sites (N-methyl/N-ethyl adjacent to an activating group) is 1. The molecule has 0 radical (unpaired) electrons. The minimum Gasteiger partial charge on any atom is -0.492 e. The maximum Gasteiger partial charge on any atom is 0.121 e. The molecule has 3 nitrogen and oxygen atoms in total.